The van der Waals surface area contributed by atoms with Gasteiger partial charge in [-0.2, -0.15) is 8.78 Å². The summed E-state index contributed by atoms with van der Waals surface area (Å²) in [4.78, 5) is 12.2. The molecule has 0 aliphatic carbocycles. The van der Waals surface area contributed by atoms with Crippen LogP contribution < -0.4 is 24.3 Å². The van der Waals surface area contributed by atoms with Crippen molar-refractivity contribution in [3.05, 3.63) is 47.5 Å². The monoisotopic (exact) mass is 395 g/mol. The Kier molecular flexibility index (Phi) is 7.86. The second kappa shape index (κ2) is 10.3. The van der Waals surface area contributed by atoms with Gasteiger partial charge in [-0.25, -0.2) is 0 Å². The molecule has 0 unspecified atom stereocenters. The van der Waals surface area contributed by atoms with Crippen molar-refractivity contribution >= 4 is 5.91 Å². The third kappa shape index (κ3) is 5.73. The van der Waals surface area contributed by atoms with E-state index < -0.39 is 6.61 Å². The van der Waals surface area contributed by atoms with Crippen LogP contribution in [0, 0.1) is 0 Å². The van der Waals surface area contributed by atoms with Crippen LogP contribution in [0.5, 0.6) is 23.0 Å². The minimum absolute atomic E-state index is 0.0577. The van der Waals surface area contributed by atoms with Crippen LogP contribution in [0.25, 0.3) is 0 Å². The summed E-state index contributed by atoms with van der Waals surface area (Å²) in [5, 5.41) is 2.79. The number of alkyl halides is 2. The SMILES string of the molecule is COc1cc(CNC(=O)CCc2cccc(OC)c2OC)ccc1OC(F)F. The van der Waals surface area contributed by atoms with E-state index in [1.165, 1.54) is 13.2 Å². The number of nitrogens with one attached hydrogen (secondary N) is 1. The van der Waals surface area contributed by atoms with E-state index in [1.807, 2.05) is 12.1 Å². The van der Waals surface area contributed by atoms with Gasteiger partial charge in [0.05, 0.1) is 21.3 Å². The Morgan fingerprint density at radius 1 is 1.00 bits per heavy atom. The summed E-state index contributed by atoms with van der Waals surface area (Å²) in [5.74, 6) is 1.18. The fraction of sp³-hybridized carbons (Fsp3) is 0.350. The van der Waals surface area contributed by atoms with E-state index in [9.17, 15) is 13.6 Å². The molecule has 0 saturated heterocycles. The Labute approximate surface area is 162 Å². The van der Waals surface area contributed by atoms with Crippen LogP contribution in [0.4, 0.5) is 8.78 Å². The van der Waals surface area contributed by atoms with Crippen LogP contribution >= 0.6 is 0 Å². The number of hydrogen-bond donors (Lipinski definition) is 1. The van der Waals surface area contributed by atoms with Gasteiger partial charge in [-0.05, 0) is 35.7 Å². The van der Waals surface area contributed by atoms with Gasteiger partial charge in [0.1, 0.15) is 0 Å². The number of ether oxygens (including phenoxy) is 4. The molecule has 0 bridgehead atoms. The van der Waals surface area contributed by atoms with Gasteiger partial charge in [-0.15, -0.1) is 0 Å². The number of aryl methyl sites for hydroxylation is 1. The highest BCUT2D eigenvalue weighted by Crippen LogP contribution is 2.31. The molecule has 0 aliphatic heterocycles. The van der Waals surface area contributed by atoms with E-state index in [2.05, 4.69) is 10.1 Å². The standard InChI is InChI=1S/C20H23F2NO5/c1-25-16-6-4-5-14(19(16)27-3)8-10-18(24)23-12-13-7-9-15(28-20(21)22)17(11-13)26-2/h4-7,9,11,20H,8,10,12H2,1-3H3,(H,23,24). The van der Waals surface area contributed by atoms with Crippen molar-refractivity contribution in [2.75, 3.05) is 21.3 Å². The quantitative estimate of drug-likeness (QED) is 0.666. The van der Waals surface area contributed by atoms with Crippen molar-refractivity contribution in [3.63, 3.8) is 0 Å². The van der Waals surface area contributed by atoms with Crippen molar-refractivity contribution in [3.8, 4) is 23.0 Å². The van der Waals surface area contributed by atoms with E-state index in [-0.39, 0.29) is 30.4 Å². The maximum Gasteiger partial charge on any atom is 0.387 e. The number of rotatable bonds is 10. The summed E-state index contributed by atoms with van der Waals surface area (Å²) >= 11 is 0. The fourth-order valence-electron chi connectivity index (χ4n) is 2.70. The van der Waals surface area contributed by atoms with Crippen LogP contribution in [-0.2, 0) is 17.8 Å². The zero-order valence-electron chi connectivity index (χ0n) is 16.0. The lowest BCUT2D eigenvalue weighted by Crippen LogP contribution is -2.23. The van der Waals surface area contributed by atoms with E-state index >= 15 is 0 Å². The molecule has 152 valence electrons. The van der Waals surface area contributed by atoms with Crippen LogP contribution in [0.1, 0.15) is 17.5 Å². The molecule has 28 heavy (non-hydrogen) atoms. The van der Waals surface area contributed by atoms with Crippen molar-refractivity contribution in [2.24, 2.45) is 0 Å². The number of amides is 1. The van der Waals surface area contributed by atoms with E-state index in [0.29, 0.717) is 23.5 Å². The van der Waals surface area contributed by atoms with Crippen LogP contribution in [0.2, 0.25) is 0 Å². The highest BCUT2D eigenvalue weighted by Gasteiger charge is 2.13. The number of carbonyl (C=O) groups excluding carboxylic acids is 1. The molecule has 1 N–H and O–H groups in total. The molecule has 0 saturated carbocycles. The molecular formula is C20H23F2NO5. The number of halogens is 2. The van der Waals surface area contributed by atoms with Gasteiger partial charge < -0.3 is 24.3 Å². The number of methoxy groups -OCH3 is 3. The maximum atomic E-state index is 12.4. The Morgan fingerprint density at radius 2 is 1.75 bits per heavy atom. The van der Waals surface area contributed by atoms with Gasteiger partial charge in [0, 0.05) is 13.0 Å². The molecule has 0 fully saturated rings. The normalized spacial score (nSPS) is 10.5. The summed E-state index contributed by atoms with van der Waals surface area (Å²) < 4.78 is 44.8. The van der Waals surface area contributed by atoms with Crippen molar-refractivity contribution in [1.29, 1.82) is 0 Å². The molecule has 2 aromatic carbocycles. The van der Waals surface area contributed by atoms with Crippen molar-refractivity contribution in [1.82, 2.24) is 5.32 Å². The van der Waals surface area contributed by atoms with Crippen LogP contribution in [-0.4, -0.2) is 33.8 Å². The lowest BCUT2D eigenvalue weighted by molar-refractivity contribution is -0.121. The highest BCUT2D eigenvalue weighted by molar-refractivity contribution is 5.76. The number of carbonyl (C=O) groups is 1. The second-order valence-electron chi connectivity index (χ2n) is 5.79. The minimum Gasteiger partial charge on any atom is -0.493 e. The summed E-state index contributed by atoms with van der Waals surface area (Å²) in [7, 11) is 4.47. The first-order chi connectivity index (χ1) is 13.5. The van der Waals surface area contributed by atoms with E-state index in [1.54, 1.807) is 32.4 Å². The van der Waals surface area contributed by atoms with Gasteiger partial charge in [-0.3, -0.25) is 4.79 Å². The molecular weight excluding hydrogens is 372 g/mol. The van der Waals surface area contributed by atoms with Crippen LogP contribution in [0.3, 0.4) is 0 Å². The Hall–Kier alpha value is -3.03. The van der Waals surface area contributed by atoms with Gasteiger partial charge in [0.15, 0.2) is 23.0 Å². The molecule has 0 heterocycles. The van der Waals surface area contributed by atoms with E-state index in [0.717, 1.165) is 5.56 Å². The topological polar surface area (TPSA) is 66.0 Å². The molecule has 2 rings (SSSR count). The summed E-state index contributed by atoms with van der Waals surface area (Å²) in [5.41, 5.74) is 1.57. The number of benzene rings is 2. The fourth-order valence-corrected chi connectivity index (χ4v) is 2.70. The lowest BCUT2D eigenvalue weighted by Gasteiger charge is -2.13. The average Bonchev–Trinajstić information content (AvgIpc) is 2.70. The van der Waals surface area contributed by atoms with Gasteiger partial charge in [0.25, 0.3) is 0 Å². The van der Waals surface area contributed by atoms with Crippen molar-refractivity contribution < 1.29 is 32.5 Å². The molecule has 0 spiro atoms. The zero-order chi connectivity index (χ0) is 20.5. The third-order valence-electron chi connectivity index (χ3n) is 4.04. The molecule has 6 nitrogen and oxygen atoms in total. The highest BCUT2D eigenvalue weighted by atomic mass is 19.3. The first-order valence-corrected chi connectivity index (χ1v) is 8.56. The van der Waals surface area contributed by atoms with Gasteiger partial charge in [0.2, 0.25) is 5.91 Å². The maximum absolute atomic E-state index is 12.4. The lowest BCUT2D eigenvalue weighted by atomic mass is 10.1. The Bertz CT molecular complexity index is 798. The molecule has 0 radical (unpaired) electrons. The number of hydrogen-bond acceptors (Lipinski definition) is 5. The first kappa shape index (κ1) is 21.3. The van der Waals surface area contributed by atoms with Crippen molar-refractivity contribution in [2.45, 2.75) is 26.0 Å². The molecule has 0 atom stereocenters. The van der Waals surface area contributed by atoms with Gasteiger partial charge in [-0.1, -0.05) is 18.2 Å². The molecule has 0 aromatic heterocycles. The predicted octanol–water partition coefficient (Wildman–Crippen LogP) is 3.56. The van der Waals surface area contributed by atoms with Gasteiger partial charge >= 0.3 is 6.61 Å². The molecule has 1 amide bonds. The number of para-hydroxylation sites is 1. The average molecular weight is 395 g/mol. The van der Waals surface area contributed by atoms with E-state index in [4.69, 9.17) is 14.2 Å². The molecule has 2 aromatic rings. The minimum atomic E-state index is -2.94. The first-order valence-electron chi connectivity index (χ1n) is 8.56. The Balaban J connectivity index is 1.93. The zero-order valence-corrected chi connectivity index (χ0v) is 16.0. The largest absolute Gasteiger partial charge is 0.493 e. The third-order valence-corrected chi connectivity index (χ3v) is 4.04. The second-order valence-corrected chi connectivity index (χ2v) is 5.79. The smallest absolute Gasteiger partial charge is 0.387 e. The summed E-state index contributed by atoms with van der Waals surface area (Å²) in [6, 6.07) is 10.0. The summed E-state index contributed by atoms with van der Waals surface area (Å²) in [6.45, 7) is -2.70. The molecule has 0 aliphatic rings. The van der Waals surface area contributed by atoms with Crippen LogP contribution in [0.15, 0.2) is 36.4 Å². The molecule has 8 heteroatoms. The predicted molar refractivity (Wildman–Crippen MR) is 99.3 cm³/mol. The summed E-state index contributed by atoms with van der Waals surface area (Å²) in [6.07, 6.45) is 0.740. The Morgan fingerprint density at radius 3 is 2.39 bits per heavy atom.